The fourth-order valence-corrected chi connectivity index (χ4v) is 1.77. The molecule has 1 aromatic heterocycles. The third-order valence-corrected chi connectivity index (χ3v) is 2.63. The lowest BCUT2D eigenvalue weighted by molar-refractivity contribution is 0.434. The van der Waals surface area contributed by atoms with Crippen molar-refractivity contribution < 1.29 is 9.32 Å². The van der Waals surface area contributed by atoms with Crippen LogP contribution in [0.1, 0.15) is 5.56 Å². The van der Waals surface area contributed by atoms with Gasteiger partial charge in [-0.3, -0.25) is 0 Å². The number of aliphatic imine (C=N–C) groups is 1. The SMILES string of the molecule is Cc1c(N=C=O)noc1-c1cccc(Br)c1. The van der Waals surface area contributed by atoms with Crippen LogP contribution in [0.5, 0.6) is 0 Å². The fourth-order valence-electron chi connectivity index (χ4n) is 1.37. The van der Waals surface area contributed by atoms with E-state index in [0.29, 0.717) is 5.76 Å². The number of hydrogen-bond acceptors (Lipinski definition) is 4. The van der Waals surface area contributed by atoms with Crippen LogP contribution >= 0.6 is 15.9 Å². The van der Waals surface area contributed by atoms with Gasteiger partial charge in [-0.1, -0.05) is 33.2 Å². The van der Waals surface area contributed by atoms with Crippen molar-refractivity contribution in [2.45, 2.75) is 6.92 Å². The summed E-state index contributed by atoms with van der Waals surface area (Å²) in [4.78, 5) is 13.6. The summed E-state index contributed by atoms with van der Waals surface area (Å²) in [6.07, 6.45) is 1.44. The second kappa shape index (κ2) is 4.43. The Hall–Kier alpha value is -1.71. The summed E-state index contributed by atoms with van der Waals surface area (Å²) >= 11 is 3.37. The number of benzene rings is 1. The quantitative estimate of drug-likeness (QED) is 0.625. The van der Waals surface area contributed by atoms with Crippen LogP contribution in [-0.2, 0) is 4.79 Å². The summed E-state index contributed by atoms with van der Waals surface area (Å²) in [6, 6.07) is 7.61. The topological polar surface area (TPSA) is 55.5 Å². The fraction of sp³-hybridized carbons (Fsp3) is 0.0909. The molecule has 0 fully saturated rings. The number of carbonyl (C=O) groups excluding carboxylic acids is 1. The minimum atomic E-state index is 0.268. The first-order valence-electron chi connectivity index (χ1n) is 4.52. The maximum atomic E-state index is 10.1. The van der Waals surface area contributed by atoms with Crippen LogP contribution in [0.3, 0.4) is 0 Å². The highest BCUT2D eigenvalue weighted by atomic mass is 79.9. The second-order valence-electron chi connectivity index (χ2n) is 3.17. The van der Waals surface area contributed by atoms with Gasteiger partial charge in [0.05, 0.1) is 0 Å². The minimum Gasteiger partial charge on any atom is -0.354 e. The van der Waals surface area contributed by atoms with Gasteiger partial charge < -0.3 is 4.52 Å². The molecule has 0 saturated carbocycles. The van der Waals surface area contributed by atoms with Crippen molar-refractivity contribution in [2.24, 2.45) is 4.99 Å². The Morgan fingerprint density at radius 2 is 2.31 bits per heavy atom. The lowest BCUT2D eigenvalue weighted by Gasteiger charge is -1.97. The van der Waals surface area contributed by atoms with Crippen molar-refractivity contribution in [2.75, 3.05) is 0 Å². The zero-order valence-electron chi connectivity index (χ0n) is 8.40. The molecule has 0 spiro atoms. The zero-order valence-corrected chi connectivity index (χ0v) is 9.98. The van der Waals surface area contributed by atoms with E-state index in [0.717, 1.165) is 15.6 Å². The monoisotopic (exact) mass is 278 g/mol. The Morgan fingerprint density at radius 1 is 1.50 bits per heavy atom. The molecule has 5 heteroatoms. The Balaban J connectivity index is 2.53. The molecule has 0 unspecified atom stereocenters. The predicted molar refractivity (Wildman–Crippen MR) is 62.2 cm³/mol. The number of aromatic nitrogens is 1. The minimum absolute atomic E-state index is 0.268. The first-order valence-corrected chi connectivity index (χ1v) is 5.31. The number of nitrogens with zero attached hydrogens (tertiary/aromatic N) is 2. The van der Waals surface area contributed by atoms with Crippen molar-refractivity contribution >= 4 is 27.8 Å². The summed E-state index contributed by atoms with van der Waals surface area (Å²) in [5.74, 6) is 0.875. The zero-order chi connectivity index (χ0) is 11.5. The summed E-state index contributed by atoms with van der Waals surface area (Å²) in [5, 5.41) is 3.69. The van der Waals surface area contributed by atoms with Gasteiger partial charge in [0, 0.05) is 15.6 Å². The molecule has 0 bridgehead atoms. The highest BCUT2D eigenvalue weighted by Crippen LogP contribution is 2.30. The molecule has 0 atom stereocenters. The van der Waals surface area contributed by atoms with Crippen molar-refractivity contribution in [3.05, 3.63) is 34.3 Å². The molecule has 1 aromatic carbocycles. The van der Waals surface area contributed by atoms with E-state index in [-0.39, 0.29) is 5.82 Å². The van der Waals surface area contributed by atoms with Gasteiger partial charge in [0.25, 0.3) is 0 Å². The van der Waals surface area contributed by atoms with Crippen LogP contribution < -0.4 is 0 Å². The van der Waals surface area contributed by atoms with E-state index in [1.54, 1.807) is 6.92 Å². The Labute approximate surface area is 100 Å². The van der Waals surface area contributed by atoms with E-state index in [1.165, 1.54) is 6.08 Å². The predicted octanol–water partition coefficient (Wildman–Crippen LogP) is 3.38. The van der Waals surface area contributed by atoms with Crippen LogP contribution in [0.2, 0.25) is 0 Å². The highest BCUT2D eigenvalue weighted by Gasteiger charge is 2.13. The maximum absolute atomic E-state index is 10.1. The molecule has 0 radical (unpaired) electrons. The molecule has 80 valence electrons. The van der Waals surface area contributed by atoms with E-state index >= 15 is 0 Å². The van der Waals surface area contributed by atoms with Gasteiger partial charge in [-0.25, -0.2) is 4.79 Å². The van der Waals surface area contributed by atoms with Crippen LogP contribution in [0.15, 0.2) is 38.3 Å². The Morgan fingerprint density at radius 3 is 3.00 bits per heavy atom. The molecule has 0 N–H and O–H groups in total. The standard InChI is InChI=1S/C11H7BrN2O2/c1-7-10(16-14-11(7)13-6-15)8-3-2-4-9(12)5-8/h2-5H,1H3. The van der Waals surface area contributed by atoms with Gasteiger partial charge in [-0.15, -0.1) is 4.99 Å². The Bertz CT molecular complexity index is 571. The summed E-state index contributed by atoms with van der Waals surface area (Å²) in [6.45, 7) is 1.79. The molecule has 0 aliphatic rings. The normalized spacial score (nSPS) is 9.88. The highest BCUT2D eigenvalue weighted by molar-refractivity contribution is 9.10. The van der Waals surface area contributed by atoms with Gasteiger partial charge in [0.2, 0.25) is 11.9 Å². The molecule has 1 heterocycles. The van der Waals surface area contributed by atoms with Crippen molar-refractivity contribution in [3.63, 3.8) is 0 Å². The van der Waals surface area contributed by atoms with Gasteiger partial charge in [-0.05, 0) is 19.1 Å². The lowest BCUT2D eigenvalue weighted by atomic mass is 10.1. The summed E-state index contributed by atoms with van der Waals surface area (Å²) in [7, 11) is 0. The van der Waals surface area contributed by atoms with Crippen molar-refractivity contribution in [1.29, 1.82) is 0 Å². The van der Waals surface area contributed by atoms with Gasteiger partial charge >= 0.3 is 0 Å². The van der Waals surface area contributed by atoms with Gasteiger partial charge in [-0.2, -0.15) is 0 Å². The first kappa shape index (κ1) is 10.8. The molecule has 2 rings (SSSR count). The van der Waals surface area contributed by atoms with Crippen molar-refractivity contribution in [3.8, 4) is 11.3 Å². The molecular formula is C11H7BrN2O2. The number of halogens is 1. The third-order valence-electron chi connectivity index (χ3n) is 2.14. The largest absolute Gasteiger partial charge is 0.354 e. The second-order valence-corrected chi connectivity index (χ2v) is 4.09. The molecular weight excluding hydrogens is 272 g/mol. The van der Waals surface area contributed by atoms with Crippen LogP contribution in [0.25, 0.3) is 11.3 Å². The van der Waals surface area contributed by atoms with Gasteiger partial charge in [0.15, 0.2) is 5.76 Å². The smallest absolute Gasteiger partial charge is 0.242 e. The number of rotatable bonds is 2. The van der Waals surface area contributed by atoms with Crippen LogP contribution in [0, 0.1) is 6.92 Å². The van der Waals surface area contributed by atoms with E-state index < -0.39 is 0 Å². The molecule has 0 saturated heterocycles. The molecule has 0 aliphatic heterocycles. The average Bonchev–Trinajstić information content (AvgIpc) is 2.61. The molecule has 0 aliphatic carbocycles. The van der Waals surface area contributed by atoms with Gasteiger partial charge in [0.1, 0.15) is 0 Å². The molecule has 16 heavy (non-hydrogen) atoms. The van der Waals surface area contributed by atoms with Crippen LogP contribution in [-0.4, -0.2) is 11.2 Å². The Kier molecular flexibility index (Phi) is 2.99. The average molecular weight is 279 g/mol. The van der Waals surface area contributed by atoms with E-state index in [1.807, 2.05) is 24.3 Å². The summed E-state index contributed by atoms with van der Waals surface area (Å²) in [5.41, 5.74) is 1.60. The third kappa shape index (κ3) is 1.96. The van der Waals surface area contributed by atoms with E-state index in [9.17, 15) is 4.79 Å². The van der Waals surface area contributed by atoms with Crippen LogP contribution in [0.4, 0.5) is 5.82 Å². The van der Waals surface area contributed by atoms with Crippen molar-refractivity contribution in [1.82, 2.24) is 5.16 Å². The van der Waals surface area contributed by atoms with E-state index in [4.69, 9.17) is 4.52 Å². The lowest BCUT2D eigenvalue weighted by Crippen LogP contribution is -1.77. The first-order chi connectivity index (χ1) is 7.72. The van der Waals surface area contributed by atoms with E-state index in [2.05, 4.69) is 26.1 Å². The summed E-state index contributed by atoms with van der Waals surface area (Å²) < 4.78 is 6.09. The molecule has 4 nitrogen and oxygen atoms in total. The number of hydrogen-bond donors (Lipinski definition) is 0. The molecule has 0 amide bonds. The number of isocyanates is 1. The maximum Gasteiger partial charge on any atom is 0.242 e. The molecule has 2 aromatic rings.